The molecule has 1 aromatic carbocycles. The summed E-state index contributed by atoms with van der Waals surface area (Å²) in [5, 5.41) is 9.13. The Balaban J connectivity index is 2.24. The van der Waals surface area contributed by atoms with E-state index in [1.165, 1.54) is 5.56 Å². The summed E-state index contributed by atoms with van der Waals surface area (Å²) in [5.74, 6) is 0.272. The van der Waals surface area contributed by atoms with Gasteiger partial charge in [-0.1, -0.05) is 43.7 Å². The Hall–Kier alpha value is -1.35. The molecule has 3 heteroatoms. The molecule has 2 rings (SSSR count). The standard InChI is InChI=1S/C16H23NO2/c1-2-12-8-16(11-17,10-15(18)19)9-14(12)13-6-4-3-5-7-13/h3-7,12,14H,2,8-11,17H2,1H3,(H,18,19)/t12-,14-,16+/m0/s1. The summed E-state index contributed by atoms with van der Waals surface area (Å²) in [5.41, 5.74) is 7.02. The summed E-state index contributed by atoms with van der Waals surface area (Å²) < 4.78 is 0. The molecule has 3 nitrogen and oxygen atoms in total. The molecular weight excluding hydrogens is 238 g/mol. The molecule has 0 heterocycles. The van der Waals surface area contributed by atoms with E-state index in [1.807, 2.05) is 6.07 Å². The van der Waals surface area contributed by atoms with Crippen LogP contribution in [-0.2, 0) is 4.79 Å². The molecule has 1 fully saturated rings. The smallest absolute Gasteiger partial charge is 0.303 e. The first-order valence-electron chi connectivity index (χ1n) is 7.07. The largest absolute Gasteiger partial charge is 0.481 e. The Labute approximate surface area is 114 Å². The van der Waals surface area contributed by atoms with Crippen molar-refractivity contribution in [1.82, 2.24) is 0 Å². The summed E-state index contributed by atoms with van der Waals surface area (Å²) >= 11 is 0. The number of carboxylic acid groups (broad SMARTS) is 1. The zero-order valence-electron chi connectivity index (χ0n) is 11.5. The fraction of sp³-hybridized carbons (Fsp3) is 0.562. The first kappa shape index (κ1) is 14.1. The maximum absolute atomic E-state index is 11.1. The van der Waals surface area contributed by atoms with E-state index < -0.39 is 5.97 Å². The van der Waals surface area contributed by atoms with Crippen LogP contribution in [0.1, 0.15) is 44.1 Å². The van der Waals surface area contributed by atoms with Gasteiger partial charge in [-0.2, -0.15) is 0 Å². The van der Waals surface area contributed by atoms with E-state index in [2.05, 4.69) is 31.2 Å². The second-order valence-electron chi connectivity index (χ2n) is 5.87. The predicted molar refractivity (Wildman–Crippen MR) is 75.9 cm³/mol. The number of carbonyl (C=O) groups is 1. The quantitative estimate of drug-likeness (QED) is 0.856. The van der Waals surface area contributed by atoms with E-state index in [-0.39, 0.29) is 11.8 Å². The molecule has 1 aliphatic rings. The Bertz CT molecular complexity index is 432. The SMILES string of the molecule is CC[C@H]1C[C@](CN)(CC(=O)O)C[C@@H]1c1ccccc1. The molecule has 0 saturated heterocycles. The molecule has 0 bridgehead atoms. The molecule has 0 amide bonds. The van der Waals surface area contributed by atoms with E-state index in [0.29, 0.717) is 18.4 Å². The summed E-state index contributed by atoms with van der Waals surface area (Å²) in [6.07, 6.45) is 3.12. The molecule has 0 spiro atoms. The fourth-order valence-corrected chi connectivity index (χ4v) is 3.64. The van der Waals surface area contributed by atoms with Gasteiger partial charge < -0.3 is 10.8 Å². The van der Waals surface area contributed by atoms with E-state index in [9.17, 15) is 4.79 Å². The topological polar surface area (TPSA) is 63.3 Å². The second-order valence-corrected chi connectivity index (χ2v) is 5.87. The van der Waals surface area contributed by atoms with Gasteiger partial charge in [0.05, 0.1) is 6.42 Å². The van der Waals surface area contributed by atoms with Crippen LogP contribution in [0.25, 0.3) is 0 Å². The van der Waals surface area contributed by atoms with Crippen LogP contribution in [0.15, 0.2) is 30.3 Å². The summed E-state index contributed by atoms with van der Waals surface area (Å²) in [7, 11) is 0. The van der Waals surface area contributed by atoms with Crippen molar-refractivity contribution in [2.24, 2.45) is 17.1 Å². The average molecular weight is 261 g/mol. The van der Waals surface area contributed by atoms with Gasteiger partial charge in [-0.05, 0) is 42.2 Å². The summed E-state index contributed by atoms with van der Waals surface area (Å²) in [6.45, 7) is 2.66. The number of hydrogen-bond acceptors (Lipinski definition) is 2. The van der Waals surface area contributed by atoms with Gasteiger partial charge in [0.1, 0.15) is 0 Å². The van der Waals surface area contributed by atoms with Gasteiger partial charge in [-0.25, -0.2) is 0 Å². The maximum Gasteiger partial charge on any atom is 0.303 e. The lowest BCUT2D eigenvalue weighted by molar-refractivity contribution is -0.139. The first-order valence-corrected chi connectivity index (χ1v) is 7.07. The van der Waals surface area contributed by atoms with Gasteiger partial charge in [0.2, 0.25) is 0 Å². The third kappa shape index (κ3) is 2.98. The predicted octanol–water partition coefficient (Wildman–Crippen LogP) is 3.01. The van der Waals surface area contributed by atoms with Crippen LogP contribution in [0.4, 0.5) is 0 Å². The van der Waals surface area contributed by atoms with Crippen LogP contribution in [0.3, 0.4) is 0 Å². The Morgan fingerprint density at radius 1 is 1.37 bits per heavy atom. The van der Waals surface area contributed by atoms with Crippen molar-refractivity contribution in [3.63, 3.8) is 0 Å². The number of carboxylic acids is 1. The van der Waals surface area contributed by atoms with Crippen molar-refractivity contribution in [2.75, 3.05) is 6.54 Å². The molecule has 3 atom stereocenters. The number of rotatable bonds is 5. The highest BCUT2D eigenvalue weighted by Crippen LogP contribution is 2.52. The highest BCUT2D eigenvalue weighted by Gasteiger charge is 2.45. The fourth-order valence-electron chi connectivity index (χ4n) is 3.64. The zero-order chi connectivity index (χ0) is 13.9. The van der Waals surface area contributed by atoms with Crippen LogP contribution in [0.5, 0.6) is 0 Å². The molecule has 0 unspecified atom stereocenters. The highest BCUT2D eigenvalue weighted by atomic mass is 16.4. The number of nitrogens with two attached hydrogens (primary N) is 1. The number of aliphatic carboxylic acids is 1. The van der Waals surface area contributed by atoms with Crippen molar-refractivity contribution in [1.29, 1.82) is 0 Å². The first-order chi connectivity index (χ1) is 9.10. The second kappa shape index (κ2) is 5.74. The third-order valence-corrected chi connectivity index (χ3v) is 4.63. The van der Waals surface area contributed by atoms with Gasteiger partial charge in [0.15, 0.2) is 0 Å². The van der Waals surface area contributed by atoms with Crippen molar-refractivity contribution < 1.29 is 9.90 Å². The number of hydrogen-bond donors (Lipinski definition) is 2. The molecule has 1 aliphatic carbocycles. The lowest BCUT2D eigenvalue weighted by atomic mass is 9.81. The Morgan fingerprint density at radius 3 is 2.58 bits per heavy atom. The molecule has 0 radical (unpaired) electrons. The van der Waals surface area contributed by atoms with Crippen molar-refractivity contribution in [2.45, 2.75) is 38.5 Å². The number of benzene rings is 1. The summed E-state index contributed by atoms with van der Waals surface area (Å²) in [6, 6.07) is 10.4. The summed E-state index contributed by atoms with van der Waals surface area (Å²) in [4.78, 5) is 11.1. The van der Waals surface area contributed by atoms with Gasteiger partial charge in [-0.3, -0.25) is 4.79 Å². The zero-order valence-corrected chi connectivity index (χ0v) is 11.5. The minimum absolute atomic E-state index is 0.198. The lowest BCUT2D eigenvalue weighted by Crippen LogP contribution is -2.30. The van der Waals surface area contributed by atoms with Gasteiger partial charge >= 0.3 is 5.97 Å². The molecular formula is C16H23NO2. The third-order valence-electron chi connectivity index (χ3n) is 4.63. The van der Waals surface area contributed by atoms with Gasteiger partial charge in [0, 0.05) is 0 Å². The van der Waals surface area contributed by atoms with Crippen LogP contribution >= 0.6 is 0 Å². The maximum atomic E-state index is 11.1. The Morgan fingerprint density at radius 2 is 2.05 bits per heavy atom. The van der Waals surface area contributed by atoms with Crippen LogP contribution < -0.4 is 5.73 Å². The van der Waals surface area contributed by atoms with Crippen molar-refractivity contribution in [3.8, 4) is 0 Å². The molecule has 1 saturated carbocycles. The van der Waals surface area contributed by atoms with E-state index in [4.69, 9.17) is 10.8 Å². The molecule has 0 aliphatic heterocycles. The lowest BCUT2D eigenvalue weighted by Gasteiger charge is -2.25. The van der Waals surface area contributed by atoms with Crippen molar-refractivity contribution >= 4 is 5.97 Å². The Kier molecular flexibility index (Phi) is 4.25. The van der Waals surface area contributed by atoms with Crippen LogP contribution in [0, 0.1) is 11.3 Å². The molecule has 1 aromatic rings. The average Bonchev–Trinajstić information content (AvgIpc) is 2.78. The van der Waals surface area contributed by atoms with Gasteiger partial charge in [-0.15, -0.1) is 0 Å². The van der Waals surface area contributed by atoms with E-state index in [1.54, 1.807) is 0 Å². The van der Waals surface area contributed by atoms with Crippen molar-refractivity contribution in [3.05, 3.63) is 35.9 Å². The molecule has 0 aromatic heterocycles. The van der Waals surface area contributed by atoms with Gasteiger partial charge in [0.25, 0.3) is 0 Å². The minimum atomic E-state index is -0.728. The highest BCUT2D eigenvalue weighted by molar-refractivity contribution is 5.68. The van der Waals surface area contributed by atoms with E-state index in [0.717, 1.165) is 19.3 Å². The minimum Gasteiger partial charge on any atom is -0.481 e. The van der Waals surface area contributed by atoms with Crippen LogP contribution in [0.2, 0.25) is 0 Å². The van der Waals surface area contributed by atoms with Crippen LogP contribution in [-0.4, -0.2) is 17.6 Å². The normalized spacial score (nSPS) is 30.4. The molecule has 104 valence electrons. The monoisotopic (exact) mass is 261 g/mol. The molecule has 19 heavy (non-hydrogen) atoms. The molecule has 3 N–H and O–H groups in total. The van der Waals surface area contributed by atoms with E-state index >= 15 is 0 Å².